The van der Waals surface area contributed by atoms with Gasteiger partial charge in [0.05, 0.1) is 23.7 Å². The first kappa shape index (κ1) is 9.50. The Labute approximate surface area is 90.2 Å². The van der Waals surface area contributed by atoms with Crippen LogP contribution in [0, 0.1) is 23.7 Å². The lowest BCUT2D eigenvalue weighted by atomic mass is 10.4. The van der Waals surface area contributed by atoms with Crippen LogP contribution in [-0.2, 0) is 0 Å². The number of fused-ring (bicyclic) bond motifs is 1. The minimum Gasteiger partial charge on any atom is -0.218 e. The topological polar surface area (TPSA) is 66.9 Å². The fourth-order valence-corrected chi connectivity index (χ4v) is 1.49. The van der Waals surface area contributed by atoms with Crippen LogP contribution in [0.2, 0.25) is 0 Å². The summed E-state index contributed by atoms with van der Waals surface area (Å²) in [5, 5.41) is 13.3. The van der Waals surface area contributed by atoms with Crippen molar-refractivity contribution in [1.82, 2.24) is 19.6 Å². The number of aromatic nitrogens is 4. The summed E-state index contributed by atoms with van der Waals surface area (Å²) >= 11 is 1.36. The molecule has 0 saturated carbocycles. The van der Waals surface area contributed by atoms with Gasteiger partial charge in [0.2, 0.25) is 5.16 Å². The minimum atomic E-state index is 0.445. The molecule has 0 fully saturated rings. The van der Waals surface area contributed by atoms with E-state index in [9.17, 15) is 0 Å². The van der Waals surface area contributed by atoms with E-state index in [1.807, 2.05) is 6.07 Å². The Morgan fingerprint density at radius 3 is 3.20 bits per heavy atom. The molecular formula is C9H5N5S. The molecule has 0 spiro atoms. The van der Waals surface area contributed by atoms with Crippen LogP contribution in [0.25, 0.3) is 5.78 Å². The summed E-state index contributed by atoms with van der Waals surface area (Å²) in [6.07, 6.45) is 8.16. The molecule has 2 aromatic heterocycles. The van der Waals surface area contributed by atoms with Gasteiger partial charge in [-0.1, -0.05) is 17.7 Å². The van der Waals surface area contributed by atoms with Crippen LogP contribution in [0.15, 0.2) is 17.6 Å². The van der Waals surface area contributed by atoms with Crippen LogP contribution in [0.5, 0.6) is 0 Å². The van der Waals surface area contributed by atoms with E-state index in [0.29, 0.717) is 22.3 Å². The van der Waals surface area contributed by atoms with Crippen LogP contribution in [0.1, 0.15) is 5.56 Å². The SMILES string of the molecule is C#CCSc1nc2ncc(C#N)cn2n1. The second-order valence-electron chi connectivity index (χ2n) is 2.59. The van der Waals surface area contributed by atoms with E-state index in [1.54, 1.807) is 6.20 Å². The smallest absolute Gasteiger partial charge is 0.218 e. The first-order valence-electron chi connectivity index (χ1n) is 4.02. The molecule has 0 saturated heterocycles. The second-order valence-corrected chi connectivity index (χ2v) is 3.53. The van der Waals surface area contributed by atoms with Crippen LogP contribution in [-0.4, -0.2) is 25.3 Å². The van der Waals surface area contributed by atoms with E-state index in [1.165, 1.54) is 22.5 Å². The van der Waals surface area contributed by atoms with Gasteiger partial charge in [-0.05, 0) is 0 Å². The standard InChI is InChI=1S/C9H5N5S/c1-2-3-15-9-12-8-11-5-7(4-10)6-14(8)13-9/h1,5-6H,3H2. The van der Waals surface area contributed by atoms with Crippen molar-refractivity contribution >= 4 is 17.5 Å². The molecule has 0 aromatic carbocycles. The van der Waals surface area contributed by atoms with Gasteiger partial charge in [-0.15, -0.1) is 11.5 Å². The lowest BCUT2D eigenvalue weighted by molar-refractivity contribution is 0.877. The van der Waals surface area contributed by atoms with Crippen LogP contribution in [0.4, 0.5) is 0 Å². The maximum Gasteiger partial charge on any atom is 0.253 e. The van der Waals surface area contributed by atoms with E-state index in [2.05, 4.69) is 21.0 Å². The van der Waals surface area contributed by atoms with Crippen molar-refractivity contribution in [3.63, 3.8) is 0 Å². The maximum atomic E-state index is 8.66. The number of nitriles is 1. The molecule has 0 bridgehead atoms. The Kier molecular flexibility index (Phi) is 2.53. The molecule has 6 heteroatoms. The van der Waals surface area contributed by atoms with Crippen molar-refractivity contribution in [2.24, 2.45) is 0 Å². The van der Waals surface area contributed by atoms with Gasteiger partial charge < -0.3 is 0 Å². The molecule has 0 unspecified atom stereocenters. The molecule has 72 valence electrons. The average Bonchev–Trinajstić information content (AvgIpc) is 2.67. The van der Waals surface area contributed by atoms with Gasteiger partial charge in [-0.2, -0.15) is 10.2 Å². The van der Waals surface area contributed by atoms with Crippen molar-refractivity contribution < 1.29 is 0 Å². The van der Waals surface area contributed by atoms with Gasteiger partial charge in [0.1, 0.15) is 6.07 Å². The van der Waals surface area contributed by atoms with Crippen LogP contribution < -0.4 is 0 Å². The molecule has 0 N–H and O–H groups in total. The predicted octanol–water partition coefficient (Wildman–Crippen LogP) is 0.721. The van der Waals surface area contributed by atoms with Gasteiger partial charge in [0, 0.05) is 0 Å². The number of thioether (sulfide) groups is 1. The fourth-order valence-electron chi connectivity index (χ4n) is 0.988. The highest BCUT2D eigenvalue weighted by Gasteiger charge is 2.04. The molecule has 2 rings (SSSR count). The first-order valence-corrected chi connectivity index (χ1v) is 5.01. The van der Waals surface area contributed by atoms with Gasteiger partial charge in [0.15, 0.2) is 0 Å². The van der Waals surface area contributed by atoms with Gasteiger partial charge in [-0.3, -0.25) is 0 Å². The Balaban J connectivity index is 2.40. The lowest BCUT2D eigenvalue weighted by Gasteiger charge is -1.88. The largest absolute Gasteiger partial charge is 0.253 e. The molecule has 5 nitrogen and oxygen atoms in total. The Morgan fingerprint density at radius 2 is 2.47 bits per heavy atom. The Hall–Kier alpha value is -2.05. The van der Waals surface area contributed by atoms with E-state index in [0.717, 1.165) is 0 Å². The maximum absolute atomic E-state index is 8.66. The minimum absolute atomic E-state index is 0.445. The summed E-state index contributed by atoms with van der Waals surface area (Å²) in [7, 11) is 0. The third-order valence-electron chi connectivity index (χ3n) is 1.59. The zero-order valence-electron chi connectivity index (χ0n) is 7.58. The van der Waals surface area contributed by atoms with Gasteiger partial charge >= 0.3 is 0 Å². The second kappa shape index (κ2) is 3.99. The molecule has 0 radical (unpaired) electrons. The zero-order chi connectivity index (χ0) is 10.7. The molecular weight excluding hydrogens is 210 g/mol. The van der Waals surface area contributed by atoms with E-state index >= 15 is 0 Å². The molecule has 0 amide bonds. The fraction of sp³-hybridized carbons (Fsp3) is 0.111. The Bertz CT molecular complexity index is 574. The van der Waals surface area contributed by atoms with Crippen molar-refractivity contribution in [3.8, 4) is 18.4 Å². The molecule has 2 heterocycles. The highest BCUT2D eigenvalue weighted by atomic mass is 32.2. The molecule has 0 atom stereocenters. The summed E-state index contributed by atoms with van der Waals surface area (Å²) in [6, 6.07) is 1.98. The summed E-state index contributed by atoms with van der Waals surface area (Å²) in [5.41, 5.74) is 0.445. The number of terminal acetylenes is 1. The zero-order valence-corrected chi connectivity index (χ0v) is 8.40. The van der Waals surface area contributed by atoms with Crippen LogP contribution in [0.3, 0.4) is 0 Å². The highest BCUT2D eigenvalue weighted by Crippen LogP contribution is 2.12. The number of hydrogen-bond acceptors (Lipinski definition) is 5. The molecule has 0 aliphatic carbocycles. The van der Waals surface area contributed by atoms with Gasteiger partial charge in [-0.25, -0.2) is 9.50 Å². The van der Waals surface area contributed by atoms with E-state index in [-0.39, 0.29) is 0 Å². The molecule has 2 aromatic rings. The molecule has 0 aliphatic rings. The molecule has 0 aliphatic heterocycles. The third kappa shape index (κ3) is 1.90. The number of hydrogen-bond donors (Lipinski definition) is 0. The van der Waals surface area contributed by atoms with Crippen LogP contribution >= 0.6 is 11.8 Å². The monoisotopic (exact) mass is 215 g/mol. The van der Waals surface area contributed by atoms with Crippen molar-refractivity contribution in [2.45, 2.75) is 5.16 Å². The lowest BCUT2D eigenvalue weighted by Crippen LogP contribution is -1.91. The average molecular weight is 215 g/mol. The summed E-state index contributed by atoms with van der Waals surface area (Å²) in [4.78, 5) is 8.11. The number of rotatable bonds is 2. The highest BCUT2D eigenvalue weighted by molar-refractivity contribution is 7.99. The van der Waals surface area contributed by atoms with Crippen molar-refractivity contribution in [1.29, 1.82) is 5.26 Å². The van der Waals surface area contributed by atoms with Crippen molar-refractivity contribution in [2.75, 3.05) is 5.75 Å². The van der Waals surface area contributed by atoms with E-state index < -0.39 is 0 Å². The number of nitrogens with zero attached hydrogens (tertiary/aromatic N) is 5. The predicted molar refractivity (Wildman–Crippen MR) is 55.1 cm³/mol. The first-order chi connectivity index (χ1) is 7.33. The summed E-state index contributed by atoms with van der Waals surface area (Å²) < 4.78 is 1.47. The van der Waals surface area contributed by atoms with Crippen molar-refractivity contribution in [3.05, 3.63) is 18.0 Å². The molecule has 15 heavy (non-hydrogen) atoms. The summed E-state index contributed by atoms with van der Waals surface area (Å²) in [6.45, 7) is 0. The normalized spacial score (nSPS) is 9.73. The quantitative estimate of drug-likeness (QED) is 0.545. The third-order valence-corrected chi connectivity index (χ3v) is 2.33. The van der Waals surface area contributed by atoms with E-state index in [4.69, 9.17) is 11.7 Å². The summed E-state index contributed by atoms with van der Waals surface area (Å²) in [5.74, 6) is 3.47. The van der Waals surface area contributed by atoms with Gasteiger partial charge in [0.25, 0.3) is 5.78 Å². The Morgan fingerprint density at radius 1 is 1.60 bits per heavy atom.